The molecule has 2 amide bonds. The zero-order valence-corrected chi connectivity index (χ0v) is 19.8. The fourth-order valence-corrected chi connectivity index (χ4v) is 5.05. The summed E-state index contributed by atoms with van der Waals surface area (Å²) in [5, 5.41) is 2.42. The van der Waals surface area contributed by atoms with Crippen molar-refractivity contribution in [1.29, 1.82) is 0 Å². The van der Waals surface area contributed by atoms with Gasteiger partial charge < -0.3 is 15.0 Å². The topological polar surface area (TPSA) is 92.8 Å². The van der Waals surface area contributed by atoms with Crippen LogP contribution in [0.4, 0.5) is 8.78 Å². The number of halogens is 3. The van der Waals surface area contributed by atoms with E-state index in [4.69, 9.17) is 16.3 Å². The van der Waals surface area contributed by atoms with Gasteiger partial charge in [-0.25, -0.2) is 17.2 Å². The van der Waals surface area contributed by atoms with Crippen molar-refractivity contribution >= 4 is 33.3 Å². The predicted molar refractivity (Wildman–Crippen MR) is 120 cm³/mol. The second-order valence-electron chi connectivity index (χ2n) is 8.53. The van der Waals surface area contributed by atoms with Gasteiger partial charge in [-0.15, -0.1) is 0 Å². The molecule has 4 rings (SSSR count). The molecule has 2 aromatic rings. The number of hydrogen-bond donors (Lipinski definition) is 1. The summed E-state index contributed by atoms with van der Waals surface area (Å²) in [5.41, 5.74) is 0.109. The van der Waals surface area contributed by atoms with Gasteiger partial charge in [-0.05, 0) is 43.2 Å². The number of carbonyl (C=O) groups excluding carboxylic acids is 2. The maximum atomic E-state index is 14.6. The van der Waals surface area contributed by atoms with Crippen LogP contribution in [0.15, 0.2) is 41.3 Å². The van der Waals surface area contributed by atoms with E-state index in [2.05, 4.69) is 5.32 Å². The minimum absolute atomic E-state index is 0.00355. The SMILES string of the molecule is CS(=O)(=O)c1cccc(C(=O)N2CCC[C@@H]2C(=O)NC(c2cc(F)c(Cl)cc2F)C2COC2)c1. The Labute approximate surface area is 200 Å². The summed E-state index contributed by atoms with van der Waals surface area (Å²) in [6, 6.07) is 5.78. The maximum absolute atomic E-state index is 14.6. The molecule has 0 spiro atoms. The molecule has 0 saturated carbocycles. The minimum atomic E-state index is -3.51. The van der Waals surface area contributed by atoms with Gasteiger partial charge in [0.05, 0.1) is 29.2 Å². The van der Waals surface area contributed by atoms with Crippen molar-refractivity contribution in [2.75, 3.05) is 26.0 Å². The molecular weight excluding hydrogens is 490 g/mol. The molecule has 0 radical (unpaired) electrons. The number of likely N-dealkylation sites (tertiary alicyclic amines) is 1. The first-order chi connectivity index (χ1) is 16.1. The third kappa shape index (κ3) is 4.94. The molecule has 7 nitrogen and oxygen atoms in total. The zero-order chi connectivity index (χ0) is 24.6. The average molecular weight is 513 g/mol. The number of amides is 2. The first kappa shape index (κ1) is 24.6. The van der Waals surface area contributed by atoms with Gasteiger partial charge in [-0.1, -0.05) is 17.7 Å². The highest BCUT2D eigenvalue weighted by molar-refractivity contribution is 7.90. The van der Waals surface area contributed by atoms with Gasteiger partial charge in [0.2, 0.25) is 5.91 Å². The van der Waals surface area contributed by atoms with Crippen molar-refractivity contribution in [2.45, 2.75) is 29.8 Å². The minimum Gasteiger partial charge on any atom is -0.381 e. The highest BCUT2D eigenvalue weighted by atomic mass is 35.5. The van der Waals surface area contributed by atoms with Crippen LogP contribution in [-0.4, -0.2) is 57.2 Å². The third-order valence-electron chi connectivity index (χ3n) is 6.13. The molecule has 182 valence electrons. The second-order valence-corrected chi connectivity index (χ2v) is 11.0. The van der Waals surface area contributed by atoms with Crippen molar-refractivity contribution in [3.63, 3.8) is 0 Å². The lowest BCUT2D eigenvalue weighted by Gasteiger charge is -2.36. The van der Waals surface area contributed by atoms with Crippen LogP contribution in [0, 0.1) is 17.6 Å². The lowest BCUT2D eigenvalue weighted by molar-refractivity contribution is -0.128. The molecule has 2 saturated heterocycles. The van der Waals surface area contributed by atoms with Gasteiger partial charge in [0.1, 0.15) is 17.7 Å². The first-order valence-electron chi connectivity index (χ1n) is 10.7. The summed E-state index contributed by atoms with van der Waals surface area (Å²) in [5.74, 6) is -2.80. The molecule has 11 heteroatoms. The van der Waals surface area contributed by atoms with Crippen LogP contribution in [0.1, 0.15) is 34.8 Å². The van der Waals surface area contributed by atoms with E-state index in [-0.39, 0.29) is 40.2 Å². The Morgan fingerprint density at radius 3 is 2.56 bits per heavy atom. The number of ether oxygens (including phenoxy) is 1. The Balaban J connectivity index is 1.57. The Hall–Kier alpha value is -2.56. The molecule has 1 unspecified atom stereocenters. The number of benzene rings is 2. The summed E-state index contributed by atoms with van der Waals surface area (Å²) < 4.78 is 57.6. The summed E-state index contributed by atoms with van der Waals surface area (Å²) in [6.07, 6.45) is 2.00. The molecule has 2 heterocycles. The van der Waals surface area contributed by atoms with Gasteiger partial charge >= 0.3 is 0 Å². The van der Waals surface area contributed by atoms with Crippen molar-refractivity contribution in [2.24, 2.45) is 5.92 Å². The maximum Gasteiger partial charge on any atom is 0.254 e. The highest BCUT2D eigenvalue weighted by Gasteiger charge is 2.39. The number of nitrogens with zero attached hydrogens (tertiary/aromatic N) is 1. The van der Waals surface area contributed by atoms with E-state index >= 15 is 0 Å². The Morgan fingerprint density at radius 1 is 1.18 bits per heavy atom. The van der Waals surface area contributed by atoms with E-state index < -0.39 is 45.4 Å². The summed E-state index contributed by atoms with van der Waals surface area (Å²) >= 11 is 5.67. The zero-order valence-electron chi connectivity index (χ0n) is 18.3. The van der Waals surface area contributed by atoms with E-state index in [0.717, 1.165) is 18.4 Å². The lowest BCUT2D eigenvalue weighted by Crippen LogP contribution is -2.50. The monoisotopic (exact) mass is 512 g/mol. The molecule has 2 aromatic carbocycles. The fraction of sp³-hybridized carbons (Fsp3) is 0.391. The van der Waals surface area contributed by atoms with E-state index in [1.165, 1.54) is 29.2 Å². The van der Waals surface area contributed by atoms with E-state index in [9.17, 15) is 26.8 Å². The quantitative estimate of drug-likeness (QED) is 0.600. The molecule has 0 bridgehead atoms. The average Bonchev–Trinajstić information content (AvgIpc) is 3.23. The molecule has 1 N–H and O–H groups in total. The molecule has 0 aliphatic carbocycles. The number of hydrogen-bond acceptors (Lipinski definition) is 5. The van der Waals surface area contributed by atoms with Crippen LogP contribution in [0.2, 0.25) is 5.02 Å². The van der Waals surface area contributed by atoms with Crippen molar-refractivity contribution < 1.29 is 31.5 Å². The Bertz CT molecular complexity index is 1240. The highest BCUT2D eigenvalue weighted by Crippen LogP contribution is 2.33. The number of carbonyl (C=O) groups is 2. The van der Waals surface area contributed by atoms with Crippen LogP contribution < -0.4 is 5.32 Å². The van der Waals surface area contributed by atoms with Crippen molar-refractivity contribution in [3.05, 3.63) is 64.2 Å². The van der Waals surface area contributed by atoms with Crippen LogP contribution in [-0.2, 0) is 19.4 Å². The van der Waals surface area contributed by atoms with E-state index in [1.807, 2.05) is 0 Å². The van der Waals surface area contributed by atoms with Gasteiger partial charge in [0.15, 0.2) is 9.84 Å². The second kappa shape index (κ2) is 9.59. The number of sulfone groups is 1. The smallest absolute Gasteiger partial charge is 0.254 e. The molecule has 2 aliphatic rings. The van der Waals surface area contributed by atoms with Crippen molar-refractivity contribution in [1.82, 2.24) is 10.2 Å². The normalized spacial score (nSPS) is 19.5. The van der Waals surface area contributed by atoms with Crippen LogP contribution in [0.25, 0.3) is 0 Å². The van der Waals surface area contributed by atoms with Gasteiger partial charge in [0, 0.05) is 29.8 Å². The summed E-state index contributed by atoms with van der Waals surface area (Å²) in [7, 11) is -3.51. The molecule has 2 atom stereocenters. The standard InChI is InChI=1S/C23H23ClF2N2O5S/c1-34(31,32)15-5-2-4-13(8-15)23(30)28-7-3-6-20(28)22(29)27-21(14-11-33-12-14)16-9-19(26)17(24)10-18(16)25/h2,4-5,8-10,14,20-21H,3,6-7,11-12H2,1H3,(H,27,29)/t20-,21?/m1/s1. The third-order valence-corrected chi connectivity index (χ3v) is 7.53. The Kier molecular flexibility index (Phi) is 6.93. The number of rotatable bonds is 6. The largest absolute Gasteiger partial charge is 0.381 e. The van der Waals surface area contributed by atoms with E-state index in [0.29, 0.717) is 19.4 Å². The van der Waals surface area contributed by atoms with Crippen LogP contribution in [0.3, 0.4) is 0 Å². The summed E-state index contributed by atoms with van der Waals surface area (Å²) in [6.45, 7) is 0.835. The van der Waals surface area contributed by atoms with Crippen LogP contribution >= 0.6 is 11.6 Å². The molecule has 2 aliphatic heterocycles. The van der Waals surface area contributed by atoms with Crippen LogP contribution in [0.5, 0.6) is 0 Å². The van der Waals surface area contributed by atoms with Gasteiger partial charge in [-0.3, -0.25) is 9.59 Å². The predicted octanol–water partition coefficient (Wildman–Crippen LogP) is 3.13. The fourth-order valence-electron chi connectivity index (χ4n) is 4.23. The van der Waals surface area contributed by atoms with Gasteiger partial charge in [-0.2, -0.15) is 0 Å². The summed E-state index contributed by atoms with van der Waals surface area (Å²) in [4.78, 5) is 27.7. The first-order valence-corrected chi connectivity index (χ1v) is 13.0. The van der Waals surface area contributed by atoms with E-state index in [1.54, 1.807) is 0 Å². The number of nitrogens with one attached hydrogen (secondary N) is 1. The molecule has 0 aromatic heterocycles. The molecular formula is C23H23ClF2N2O5S. The lowest BCUT2D eigenvalue weighted by atomic mass is 9.90. The van der Waals surface area contributed by atoms with Crippen molar-refractivity contribution in [3.8, 4) is 0 Å². The Morgan fingerprint density at radius 2 is 1.91 bits per heavy atom. The molecule has 34 heavy (non-hydrogen) atoms. The molecule has 2 fully saturated rings. The van der Waals surface area contributed by atoms with Gasteiger partial charge in [0.25, 0.3) is 5.91 Å².